The maximum Gasteiger partial charge on any atom is 0.172 e. The fourth-order valence-corrected chi connectivity index (χ4v) is 3.07. The highest BCUT2D eigenvalue weighted by Gasteiger charge is 2.23. The molecule has 1 aliphatic heterocycles. The molecule has 7 heteroatoms. The summed E-state index contributed by atoms with van der Waals surface area (Å²) >= 11 is 6.50. The second kappa shape index (κ2) is 7.71. The van der Waals surface area contributed by atoms with Crippen LogP contribution in [0.1, 0.15) is 39.3 Å². The molecule has 0 aromatic carbocycles. The van der Waals surface area contributed by atoms with Crippen LogP contribution in [-0.4, -0.2) is 34.0 Å². The molecule has 0 radical (unpaired) electrons. The lowest BCUT2D eigenvalue weighted by Crippen LogP contribution is -2.36. The normalized spacial score (nSPS) is 16.0. The van der Waals surface area contributed by atoms with Gasteiger partial charge in [0.05, 0.1) is 5.69 Å². The molecule has 2 N–H and O–H groups in total. The molecule has 24 heavy (non-hydrogen) atoms. The maximum atomic E-state index is 9.39. The van der Waals surface area contributed by atoms with Gasteiger partial charge in [0, 0.05) is 25.8 Å². The molecule has 6 nitrogen and oxygen atoms in total. The zero-order valence-electron chi connectivity index (χ0n) is 14.7. The Morgan fingerprint density at radius 3 is 2.71 bits per heavy atom. The van der Waals surface area contributed by atoms with E-state index in [-0.39, 0.29) is 11.6 Å². The van der Waals surface area contributed by atoms with Crippen LogP contribution in [0.25, 0.3) is 0 Å². The van der Waals surface area contributed by atoms with Crippen LogP contribution in [0.4, 0.5) is 5.82 Å². The van der Waals surface area contributed by atoms with Crippen LogP contribution in [-0.2, 0) is 13.0 Å². The van der Waals surface area contributed by atoms with Gasteiger partial charge in [-0.2, -0.15) is 10.4 Å². The van der Waals surface area contributed by atoms with Crippen molar-refractivity contribution in [2.24, 2.45) is 5.92 Å². The Hall–Kier alpha value is -2.00. The summed E-state index contributed by atoms with van der Waals surface area (Å²) in [5.74, 6) is 1.51. The third-order valence-corrected chi connectivity index (χ3v) is 5.11. The van der Waals surface area contributed by atoms with Gasteiger partial charge in [0.25, 0.3) is 0 Å². The Bertz CT molecular complexity index is 682. The van der Waals surface area contributed by atoms with Crippen LogP contribution in [0.5, 0.6) is 0 Å². The monoisotopic (exact) mass is 348 g/mol. The number of aromatic nitrogens is 2. The molecule has 1 atom stereocenters. The van der Waals surface area contributed by atoms with Crippen molar-refractivity contribution < 1.29 is 0 Å². The van der Waals surface area contributed by atoms with Crippen molar-refractivity contribution in [3.8, 4) is 6.07 Å². The number of anilines is 1. The van der Waals surface area contributed by atoms with E-state index in [4.69, 9.17) is 17.0 Å². The molecular formula is C17H25ClN6. The van der Waals surface area contributed by atoms with Gasteiger partial charge in [-0.1, -0.05) is 25.4 Å². The third-order valence-electron chi connectivity index (χ3n) is 4.71. The van der Waals surface area contributed by atoms with E-state index in [1.54, 1.807) is 0 Å². The average molecular weight is 349 g/mol. The van der Waals surface area contributed by atoms with E-state index < -0.39 is 0 Å². The van der Waals surface area contributed by atoms with Gasteiger partial charge in [0.1, 0.15) is 22.5 Å². The van der Waals surface area contributed by atoms with Crippen molar-refractivity contribution in [2.45, 2.75) is 52.6 Å². The predicted octanol–water partition coefficient (Wildman–Crippen LogP) is 3.65. The van der Waals surface area contributed by atoms with Crippen LogP contribution >= 0.6 is 11.6 Å². The first-order chi connectivity index (χ1) is 11.4. The molecule has 1 aromatic heterocycles. The number of hydrogen-bond acceptors (Lipinski definition) is 5. The molecule has 130 valence electrons. The SMILES string of the molecule is CC(C)C(C)N(C)/C(Nc1nn2c(c1Cl)CCCC2)=C(\C#N)C=N. The summed E-state index contributed by atoms with van der Waals surface area (Å²) in [7, 11) is 1.91. The van der Waals surface area contributed by atoms with Gasteiger partial charge in [0.15, 0.2) is 5.82 Å². The lowest BCUT2D eigenvalue weighted by atomic mass is 10.0. The Morgan fingerprint density at radius 1 is 1.46 bits per heavy atom. The van der Waals surface area contributed by atoms with E-state index in [2.05, 4.69) is 37.3 Å². The largest absolute Gasteiger partial charge is 0.357 e. The molecule has 1 unspecified atom stereocenters. The topological polar surface area (TPSA) is 80.7 Å². The quantitative estimate of drug-likeness (QED) is 0.607. The lowest BCUT2D eigenvalue weighted by Gasteiger charge is -2.32. The molecule has 0 amide bonds. The Morgan fingerprint density at radius 2 is 2.17 bits per heavy atom. The second-order valence-electron chi connectivity index (χ2n) is 6.53. The lowest BCUT2D eigenvalue weighted by molar-refractivity contribution is 0.260. The minimum absolute atomic E-state index is 0.187. The number of rotatable bonds is 6. The minimum atomic E-state index is 0.187. The van der Waals surface area contributed by atoms with Crippen molar-refractivity contribution in [2.75, 3.05) is 12.4 Å². The van der Waals surface area contributed by atoms with Crippen molar-refractivity contribution in [3.63, 3.8) is 0 Å². The second-order valence-corrected chi connectivity index (χ2v) is 6.91. The van der Waals surface area contributed by atoms with E-state index in [1.807, 2.05) is 16.6 Å². The van der Waals surface area contributed by atoms with Crippen LogP contribution in [0, 0.1) is 22.7 Å². The van der Waals surface area contributed by atoms with Gasteiger partial charge in [-0.25, -0.2) is 0 Å². The van der Waals surface area contributed by atoms with Crippen molar-refractivity contribution in [1.82, 2.24) is 14.7 Å². The van der Waals surface area contributed by atoms with Crippen molar-refractivity contribution in [1.29, 1.82) is 10.7 Å². The summed E-state index contributed by atoms with van der Waals surface area (Å²) in [5.41, 5.74) is 1.30. The van der Waals surface area contributed by atoms with Gasteiger partial charge >= 0.3 is 0 Å². The molecule has 1 aromatic rings. The fraction of sp³-hybridized carbons (Fsp3) is 0.588. The van der Waals surface area contributed by atoms with Gasteiger partial charge in [0.2, 0.25) is 0 Å². The fourth-order valence-electron chi connectivity index (χ4n) is 2.79. The highest BCUT2D eigenvalue weighted by Crippen LogP contribution is 2.31. The number of allylic oxidation sites excluding steroid dienone is 1. The summed E-state index contributed by atoms with van der Waals surface area (Å²) in [5, 5.41) is 25.3. The molecule has 1 aliphatic rings. The van der Waals surface area contributed by atoms with Gasteiger partial charge in [-0.15, -0.1) is 0 Å². The summed E-state index contributed by atoms with van der Waals surface area (Å²) in [4.78, 5) is 1.98. The minimum Gasteiger partial charge on any atom is -0.357 e. The van der Waals surface area contributed by atoms with E-state index in [0.29, 0.717) is 22.6 Å². The maximum absolute atomic E-state index is 9.39. The summed E-state index contributed by atoms with van der Waals surface area (Å²) < 4.78 is 1.94. The molecule has 2 rings (SSSR count). The molecule has 0 spiro atoms. The van der Waals surface area contributed by atoms with Crippen LogP contribution in [0.3, 0.4) is 0 Å². The number of nitrogens with one attached hydrogen (secondary N) is 2. The first-order valence-corrected chi connectivity index (χ1v) is 8.68. The van der Waals surface area contributed by atoms with Crippen molar-refractivity contribution in [3.05, 3.63) is 22.1 Å². The molecule has 2 heterocycles. The van der Waals surface area contributed by atoms with E-state index >= 15 is 0 Å². The number of nitriles is 1. The van der Waals surface area contributed by atoms with Crippen LogP contribution < -0.4 is 5.32 Å². The number of aryl methyl sites for hydroxylation is 1. The first-order valence-electron chi connectivity index (χ1n) is 8.30. The molecule has 0 saturated carbocycles. The van der Waals surface area contributed by atoms with E-state index in [1.165, 1.54) is 0 Å². The zero-order chi connectivity index (χ0) is 17.9. The van der Waals surface area contributed by atoms with Gasteiger partial charge in [-0.3, -0.25) is 4.68 Å². The van der Waals surface area contributed by atoms with E-state index in [9.17, 15) is 5.26 Å². The van der Waals surface area contributed by atoms with Crippen molar-refractivity contribution >= 4 is 23.6 Å². The smallest absolute Gasteiger partial charge is 0.172 e. The standard InChI is InChI=1S/C17H25ClN6/c1-11(2)12(3)23(4)17(13(9-19)10-20)21-16-15(18)14-7-5-6-8-24(14)22-16/h9,11-12,19H,5-8H2,1-4H3,(H,21,22)/b17-13-,19-9?. The average Bonchev–Trinajstić information content (AvgIpc) is 2.90. The Kier molecular flexibility index (Phi) is 5.89. The highest BCUT2D eigenvalue weighted by molar-refractivity contribution is 6.33. The highest BCUT2D eigenvalue weighted by atomic mass is 35.5. The van der Waals surface area contributed by atoms with Gasteiger partial charge < -0.3 is 15.6 Å². The molecular weight excluding hydrogens is 324 g/mol. The molecule has 0 bridgehead atoms. The third kappa shape index (κ3) is 3.57. The number of nitrogens with zero attached hydrogens (tertiary/aromatic N) is 4. The molecule has 0 fully saturated rings. The number of hydrogen-bond donors (Lipinski definition) is 2. The summed E-state index contributed by atoms with van der Waals surface area (Å²) in [6, 6.07) is 2.27. The summed E-state index contributed by atoms with van der Waals surface area (Å²) in [6.07, 6.45) is 4.19. The molecule has 0 aliphatic carbocycles. The zero-order valence-corrected chi connectivity index (χ0v) is 15.5. The van der Waals surface area contributed by atoms with E-state index in [0.717, 1.165) is 37.7 Å². The first kappa shape index (κ1) is 18.3. The van der Waals surface area contributed by atoms with Gasteiger partial charge in [-0.05, 0) is 32.1 Å². The van der Waals surface area contributed by atoms with Crippen LogP contribution in [0.2, 0.25) is 5.02 Å². The van der Waals surface area contributed by atoms with Crippen LogP contribution in [0.15, 0.2) is 11.4 Å². The predicted molar refractivity (Wildman–Crippen MR) is 97.3 cm³/mol. The Balaban J connectivity index is 2.40. The Labute approximate surface area is 148 Å². The number of halogens is 1. The molecule has 0 saturated heterocycles. The summed E-state index contributed by atoms with van der Waals surface area (Å²) in [6.45, 7) is 7.20. The number of fused-ring (bicyclic) bond motifs is 1.